The third-order valence-electron chi connectivity index (χ3n) is 5.20. The molecule has 0 fully saturated rings. The van der Waals surface area contributed by atoms with Crippen LogP contribution in [0, 0.1) is 23.7 Å². The number of hydrogen-bond donors (Lipinski definition) is 3. The number of aliphatic hydroxyl groups excluding tert-OH is 1. The second kappa shape index (κ2) is 12.3. The van der Waals surface area contributed by atoms with E-state index in [1.54, 1.807) is 30.3 Å². The van der Waals surface area contributed by atoms with Gasteiger partial charge in [0.15, 0.2) is 16.7 Å². The van der Waals surface area contributed by atoms with E-state index in [0.29, 0.717) is 38.5 Å². The molecule has 0 spiro atoms. The molecule has 192 valence electrons. The second-order valence-electron chi connectivity index (χ2n) is 7.63. The van der Waals surface area contributed by atoms with Gasteiger partial charge in [0.25, 0.3) is 0 Å². The molecular formula is C26H21FN6O3S2. The number of aromatic nitrogens is 2. The van der Waals surface area contributed by atoms with E-state index in [1.807, 2.05) is 5.38 Å². The normalized spacial score (nSPS) is 10.4. The fourth-order valence-electron chi connectivity index (χ4n) is 3.50. The lowest BCUT2D eigenvalue weighted by molar-refractivity contribution is 0.201. The van der Waals surface area contributed by atoms with Crippen LogP contribution in [0.2, 0.25) is 0 Å². The van der Waals surface area contributed by atoms with E-state index in [2.05, 4.69) is 26.2 Å². The fraction of sp³-hybridized carbons (Fsp3) is 0.154. The minimum atomic E-state index is -0.483. The number of rotatable bonds is 10. The largest absolute Gasteiger partial charge is 0.494 e. The lowest BCUT2D eigenvalue weighted by atomic mass is 10.00. The first-order valence-corrected chi connectivity index (χ1v) is 13.0. The molecule has 0 saturated carbocycles. The van der Waals surface area contributed by atoms with Crippen molar-refractivity contribution in [2.75, 3.05) is 31.4 Å². The van der Waals surface area contributed by atoms with Gasteiger partial charge < -0.3 is 25.6 Å². The van der Waals surface area contributed by atoms with Crippen LogP contribution < -0.4 is 20.5 Å². The number of thiazole rings is 1. The maximum Gasteiger partial charge on any atom is 0.236 e. The summed E-state index contributed by atoms with van der Waals surface area (Å²) in [5.41, 5.74) is 8.72. The summed E-state index contributed by atoms with van der Waals surface area (Å²) in [6, 6.07) is 13.6. The third kappa shape index (κ3) is 5.95. The van der Waals surface area contributed by atoms with Crippen molar-refractivity contribution in [2.45, 2.75) is 10.8 Å². The topological polar surface area (TPSA) is 131 Å². The number of nitrogens with zero attached hydrogens (tertiary/aromatic N) is 4. The Bertz CT molecular complexity index is 1530. The first-order chi connectivity index (χ1) is 18.5. The van der Waals surface area contributed by atoms with Gasteiger partial charge in [-0.25, -0.2) is 19.2 Å². The molecule has 0 saturated heterocycles. The molecule has 2 aromatic carbocycles. The second-order valence-corrected chi connectivity index (χ2v) is 9.45. The van der Waals surface area contributed by atoms with Crippen LogP contribution in [0.25, 0.3) is 16.0 Å². The molecule has 12 heteroatoms. The summed E-state index contributed by atoms with van der Waals surface area (Å²) in [4.78, 5) is 12.4. The zero-order chi connectivity index (χ0) is 27.1. The molecule has 0 aliphatic carbocycles. The van der Waals surface area contributed by atoms with Crippen LogP contribution in [0.15, 0.2) is 52.9 Å². The molecule has 0 atom stereocenters. The number of nitrogens with one attached hydrogen (secondary N) is 1. The molecule has 4 N–H and O–H groups in total. The number of nitriles is 1. The summed E-state index contributed by atoms with van der Waals surface area (Å²) in [6.07, 6.45) is 0. The van der Waals surface area contributed by atoms with Crippen molar-refractivity contribution in [3.63, 3.8) is 0 Å². The zero-order valence-electron chi connectivity index (χ0n) is 20.1. The van der Waals surface area contributed by atoms with Gasteiger partial charge in [-0.3, -0.25) is 0 Å². The number of nitrogen functional groups attached to an aromatic ring is 1. The van der Waals surface area contributed by atoms with E-state index in [1.165, 1.54) is 42.3 Å². The molecule has 0 aliphatic rings. The fourth-order valence-corrected chi connectivity index (χ4v) is 5.22. The summed E-state index contributed by atoms with van der Waals surface area (Å²) in [5.74, 6) is 0.637. The maximum absolute atomic E-state index is 14.0. The Balaban J connectivity index is 1.56. The van der Waals surface area contributed by atoms with Crippen molar-refractivity contribution < 1.29 is 19.0 Å². The number of pyridine rings is 1. The standard InChI is InChI=1S/C26H21FN6O3S2/c1-30-23-22(15-3-6-18(7-4-15)36-10-9-34)19(12-28)25(33-24(23)29)37-13-17-14-38-26(32-17)31-16-5-8-21(35-2)20(27)11-16/h3-8,11,14,34H,9-10,13H2,2H3,(H2,29,33)(H,31,32). The summed E-state index contributed by atoms with van der Waals surface area (Å²) in [6.45, 7) is 7.65. The van der Waals surface area contributed by atoms with Crippen LogP contribution in [0.3, 0.4) is 0 Å². The van der Waals surface area contributed by atoms with Gasteiger partial charge in [0.2, 0.25) is 5.69 Å². The van der Waals surface area contributed by atoms with E-state index in [4.69, 9.17) is 26.9 Å². The molecule has 0 bridgehead atoms. The van der Waals surface area contributed by atoms with Crippen molar-refractivity contribution >= 4 is 45.4 Å². The van der Waals surface area contributed by atoms with Crippen molar-refractivity contribution in [1.29, 1.82) is 5.26 Å². The number of methoxy groups -OCH3 is 1. The quantitative estimate of drug-likeness (QED) is 0.167. The zero-order valence-corrected chi connectivity index (χ0v) is 21.7. The molecule has 4 aromatic rings. The molecule has 4 rings (SSSR count). The smallest absolute Gasteiger partial charge is 0.236 e. The van der Waals surface area contributed by atoms with E-state index < -0.39 is 5.82 Å². The van der Waals surface area contributed by atoms with Crippen LogP contribution >= 0.6 is 23.1 Å². The van der Waals surface area contributed by atoms with Crippen LogP contribution in [0.4, 0.5) is 26.7 Å². The molecule has 0 unspecified atom stereocenters. The lowest BCUT2D eigenvalue weighted by Gasteiger charge is -2.13. The third-order valence-corrected chi connectivity index (χ3v) is 7.02. The number of nitrogens with two attached hydrogens (primary N) is 1. The molecular weight excluding hydrogens is 527 g/mol. The Labute approximate surface area is 226 Å². The predicted molar refractivity (Wildman–Crippen MR) is 146 cm³/mol. The van der Waals surface area contributed by atoms with E-state index in [9.17, 15) is 9.65 Å². The molecule has 2 heterocycles. The molecule has 0 amide bonds. The molecule has 0 aliphatic heterocycles. The summed E-state index contributed by atoms with van der Waals surface area (Å²) in [5, 5.41) is 24.8. The van der Waals surface area contributed by atoms with Crippen molar-refractivity contribution in [2.24, 2.45) is 0 Å². The highest BCUT2D eigenvalue weighted by Crippen LogP contribution is 2.42. The number of aliphatic hydroxyl groups is 1. The van der Waals surface area contributed by atoms with Gasteiger partial charge in [-0.2, -0.15) is 5.26 Å². The van der Waals surface area contributed by atoms with Gasteiger partial charge in [0.1, 0.15) is 29.3 Å². The van der Waals surface area contributed by atoms with Crippen molar-refractivity contribution in [1.82, 2.24) is 9.97 Å². The van der Waals surface area contributed by atoms with Gasteiger partial charge in [-0.15, -0.1) is 11.3 Å². The van der Waals surface area contributed by atoms with E-state index in [-0.39, 0.29) is 36.0 Å². The number of hydrogen-bond acceptors (Lipinski definition) is 10. The minimum Gasteiger partial charge on any atom is -0.494 e. The van der Waals surface area contributed by atoms with Gasteiger partial charge in [0, 0.05) is 28.5 Å². The Morgan fingerprint density at radius 1 is 1.26 bits per heavy atom. The summed E-state index contributed by atoms with van der Waals surface area (Å²) in [7, 11) is 1.40. The molecule has 9 nitrogen and oxygen atoms in total. The number of anilines is 3. The van der Waals surface area contributed by atoms with Crippen molar-refractivity contribution in [3.8, 4) is 28.7 Å². The lowest BCUT2D eigenvalue weighted by Crippen LogP contribution is -2.02. The van der Waals surface area contributed by atoms with Gasteiger partial charge in [0.05, 0.1) is 31.5 Å². The number of ether oxygens (including phenoxy) is 2. The van der Waals surface area contributed by atoms with Crippen molar-refractivity contribution in [3.05, 3.63) is 76.3 Å². The predicted octanol–water partition coefficient (Wildman–Crippen LogP) is 5.76. The number of thioether (sulfide) groups is 1. The highest BCUT2D eigenvalue weighted by Gasteiger charge is 2.21. The Kier molecular flexibility index (Phi) is 8.61. The minimum absolute atomic E-state index is 0.0271. The highest BCUT2D eigenvalue weighted by molar-refractivity contribution is 7.98. The van der Waals surface area contributed by atoms with E-state index >= 15 is 0 Å². The maximum atomic E-state index is 14.0. The van der Waals surface area contributed by atoms with Crippen LogP contribution in [-0.4, -0.2) is 35.4 Å². The highest BCUT2D eigenvalue weighted by atomic mass is 32.2. The molecule has 0 radical (unpaired) electrons. The van der Waals surface area contributed by atoms with Gasteiger partial charge >= 0.3 is 0 Å². The monoisotopic (exact) mass is 548 g/mol. The first-order valence-electron chi connectivity index (χ1n) is 11.1. The van der Waals surface area contributed by atoms with Gasteiger partial charge in [-0.05, 0) is 29.8 Å². The van der Waals surface area contributed by atoms with Crippen LogP contribution in [0.5, 0.6) is 11.5 Å². The van der Waals surface area contributed by atoms with E-state index in [0.717, 1.165) is 5.69 Å². The molecule has 38 heavy (non-hydrogen) atoms. The number of halogens is 1. The Hall–Kier alpha value is -4.36. The van der Waals surface area contributed by atoms with Crippen LogP contribution in [-0.2, 0) is 5.75 Å². The Morgan fingerprint density at radius 2 is 2.05 bits per heavy atom. The average molecular weight is 549 g/mol. The van der Waals surface area contributed by atoms with Gasteiger partial charge in [-0.1, -0.05) is 23.9 Å². The number of benzene rings is 2. The Morgan fingerprint density at radius 3 is 2.71 bits per heavy atom. The van der Waals surface area contributed by atoms with Crippen LogP contribution in [0.1, 0.15) is 11.3 Å². The average Bonchev–Trinajstić information content (AvgIpc) is 3.37. The molecule has 2 aromatic heterocycles. The summed E-state index contributed by atoms with van der Waals surface area (Å²) < 4.78 is 24.3. The SMILES string of the molecule is [C-]#[N+]c1c(N)nc(SCc2csc(Nc3ccc(OC)c(F)c3)n2)c(C#N)c1-c1ccc(OCCO)cc1. The summed E-state index contributed by atoms with van der Waals surface area (Å²) >= 11 is 2.63. The first kappa shape index (κ1) is 26.7.